The summed E-state index contributed by atoms with van der Waals surface area (Å²) in [5, 5.41) is 19.9. The molecule has 0 aromatic heterocycles. The molecule has 0 bridgehead atoms. The van der Waals surface area contributed by atoms with Crippen molar-refractivity contribution in [3.05, 3.63) is 74.8 Å². The first-order valence-corrected chi connectivity index (χ1v) is 6.30. The zero-order chi connectivity index (χ0) is 15.4. The largest absolute Gasteiger partial charge is 0.508 e. The molecule has 5 nitrogen and oxygen atoms in total. The maximum Gasteiger partial charge on any atom is 0.288 e. The maximum atomic E-state index is 12.0. The minimum atomic E-state index is -0.636. The third-order valence-corrected chi connectivity index (χ3v) is 3.07. The van der Waals surface area contributed by atoms with Crippen molar-refractivity contribution >= 4 is 29.1 Å². The van der Waals surface area contributed by atoms with Gasteiger partial charge in [0.1, 0.15) is 10.8 Å². The number of halogens is 1. The van der Waals surface area contributed by atoms with Crippen LogP contribution < -0.4 is 0 Å². The second-order valence-electron chi connectivity index (χ2n) is 4.21. The normalized spacial score (nSPS) is 10.7. The molecule has 2 rings (SSSR count). The number of carbonyl (C=O) groups is 1. The van der Waals surface area contributed by atoms with Gasteiger partial charge in [0.2, 0.25) is 0 Å². The molecule has 0 aliphatic carbocycles. The lowest BCUT2D eigenvalue weighted by molar-refractivity contribution is -0.384. The van der Waals surface area contributed by atoms with Gasteiger partial charge in [0.05, 0.1) is 4.92 Å². The number of ketones is 1. The molecule has 2 aromatic carbocycles. The van der Waals surface area contributed by atoms with Crippen LogP contribution >= 0.6 is 11.6 Å². The molecular weight excluding hydrogens is 294 g/mol. The second-order valence-corrected chi connectivity index (χ2v) is 4.62. The minimum Gasteiger partial charge on any atom is -0.508 e. The molecule has 0 radical (unpaired) electrons. The molecule has 0 atom stereocenters. The van der Waals surface area contributed by atoms with E-state index in [4.69, 9.17) is 16.7 Å². The molecule has 0 aliphatic heterocycles. The van der Waals surface area contributed by atoms with Gasteiger partial charge in [-0.2, -0.15) is 0 Å². The molecule has 0 spiro atoms. The molecule has 0 amide bonds. The topological polar surface area (TPSA) is 80.4 Å². The molecule has 1 N–H and O–H groups in total. The molecule has 6 heteroatoms. The highest BCUT2D eigenvalue weighted by atomic mass is 35.5. The Labute approximate surface area is 125 Å². The van der Waals surface area contributed by atoms with Gasteiger partial charge in [-0.05, 0) is 35.9 Å². The predicted molar refractivity (Wildman–Crippen MR) is 79.6 cm³/mol. The molecule has 0 aliphatic rings. The van der Waals surface area contributed by atoms with Crippen molar-refractivity contribution in [3.63, 3.8) is 0 Å². The summed E-state index contributed by atoms with van der Waals surface area (Å²) >= 11 is 5.69. The highest BCUT2D eigenvalue weighted by Crippen LogP contribution is 2.25. The first-order chi connectivity index (χ1) is 9.97. The van der Waals surface area contributed by atoms with Crippen LogP contribution in [0.25, 0.3) is 6.08 Å². The number of benzene rings is 2. The van der Waals surface area contributed by atoms with Crippen molar-refractivity contribution in [2.24, 2.45) is 0 Å². The fourth-order valence-electron chi connectivity index (χ4n) is 1.66. The van der Waals surface area contributed by atoms with E-state index in [-0.39, 0.29) is 27.8 Å². The number of hydrogen-bond acceptors (Lipinski definition) is 4. The third kappa shape index (κ3) is 3.67. The lowest BCUT2D eigenvalue weighted by atomic mass is 10.1. The molecule has 21 heavy (non-hydrogen) atoms. The Bertz CT molecular complexity index is 723. The van der Waals surface area contributed by atoms with E-state index in [2.05, 4.69) is 0 Å². The van der Waals surface area contributed by atoms with Crippen LogP contribution in [0.1, 0.15) is 15.9 Å². The second kappa shape index (κ2) is 6.19. The van der Waals surface area contributed by atoms with Crippen LogP contribution in [0.5, 0.6) is 5.75 Å². The van der Waals surface area contributed by atoms with E-state index in [0.29, 0.717) is 0 Å². The number of carbonyl (C=O) groups excluding carboxylic acids is 1. The van der Waals surface area contributed by atoms with Crippen molar-refractivity contribution in [2.75, 3.05) is 0 Å². The van der Waals surface area contributed by atoms with E-state index in [1.54, 1.807) is 18.2 Å². The number of phenolic OH excluding ortho intramolecular Hbond substituents is 1. The van der Waals surface area contributed by atoms with Crippen LogP contribution in [0.4, 0.5) is 5.69 Å². The summed E-state index contributed by atoms with van der Waals surface area (Å²) in [5.74, 6) is -0.241. The maximum absolute atomic E-state index is 12.0. The first kappa shape index (κ1) is 14.7. The Balaban J connectivity index is 2.22. The van der Waals surface area contributed by atoms with Gasteiger partial charge in [0.25, 0.3) is 5.69 Å². The molecule has 0 heterocycles. The molecule has 0 saturated heterocycles. The zero-order valence-corrected chi connectivity index (χ0v) is 11.4. The number of nitrogens with zero attached hydrogens (tertiary/aromatic N) is 1. The fourth-order valence-corrected chi connectivity index (χ4v) is 1.85. The summed E-state index contributed by atoms with van der Waals surface area (Å²) in [6.07, 6.45) is 2.86. The van der Waals surface area contributed by atoms with Crippen LogP contribution in [0.2, 0.25) is 5.02 Å². The number of allylic oxidation sites excluding steroid dienone is 1. The summed E-state index contributed by atoms with van der Waals surface area (Å²) < 4.78 is 0. The molecule has 0 saturated carbocycles. The molecule has 106 valence electrons. The van der Waals surface area contributed by atoms with Gasteiger partial charge in [-0.25, -0.2) is 0 Å². The van der Waals surface area contributed by atoms with Crippen LogP contribution in [-0.4, -0.2) is 15.8 Å². The van der Waals surface area contributed by atoms with Gasteiger partial charge >= 0.3 is 0 Å². The van der Waals surface area contributed by atoms with Crippen molar-refractivity contribution in [1.82, 2.24) is 0 Å². The number of rotatable bonds is 4. The van der Waals surface area contributed by atoms with Crippen molar-refractivity contribution in [2.45, 2.75) is 0 Å². The molecule has 0 fully saturated rings. The van der Waals surface area contributed by atoms with E-state index < -0.39 is 4.92 Å². The quantitative estimate of drug-likeness (QED) is 0.402. The molecular formula is C15H10ClNO4. The minimum absolute atomic E-state index is 0.0148. The van der Waals surface area contributed by atoms with Crippen LogP contribution in [-0.2, 0) is 0 Å². The van der Waals surface area contributed by atoms with E-state index in [9.17, 15) is 14.9 Å². The van der Waals surface area contributed by atoms with Crippen molar-refractivity contribution in [1.29, 1.82) is 0 Å². The lowest BCUT2D eigenvalue weighted by Crippen LogP contribution is -1.97. The Morgan fingerprint density at radius 1 is 1.19 bits per heavy atom. The lowest BCUT2D eigenvalue weighted by Gasteiger charge is -1.99. The van der Waals surface area contributed by atoms with Crippen molar-refractivity contribution in [3.8, 4) is 5.75 Å². The van der Waals surface area contributed by atoms with Gasteiger partial charge in [-0.15, -0.1) is 0 Å². The van der Waals surface area contributed by atoms with Crippen LogP contribution in [0, 0.1) is 10.1 Å². The number of phenols is 1. The number of hydrogen-bond donors (Lipinski definition) is 1. The summed E-state index contributed by atoms with van der Waals surface area (Å²) in [6, 6.07) is 10.2. The van der Waals surface area contributed by atoms with Gasteiger partial charge in [0.15, 0.2) is 5.78 Å². The predicted octanol–water partition coefficient (Wildman–Crippen LogP) is 3.85. The Morgan fingerprint density at radius 2 is 1.86 bits per heavy atom. The van der Waals surface area contributed by atoms with Crippen molar-refractivity contribution < 1.29 is 14.8 Å². The summed E-state index contributed by atoms with van der Waals surface area (Å²) in [4.78, 5) is 22.1. The van der Waals surface area contributed by atoms with Crippen LogP contribution in [0.15, 0.2) is 48.5 Å². The van der Waals surface area contributed by atoms with E-state index in [0.717, 1.165) is 11.6 Å². The Morgan fingerprint density at radius 3 is 2.48 bits per heavy atom. The average molecular weight is 304 g/mol. The Kier molecular flexibility index (Phi) is 4.35. The first-order valence-electron chi connectivity index (χ1n) is 5.93. The number of nitro groups is 1. The SMILES string of the molecule is O=C(/C=C/c1ccc(O)cc1)c1ccc(Cl)c([N+](=O)[O-])c1. The molecule has 2 aromatic rings. The highest BCUT2D eigenvalue weighted by Gasteiger charge is 2.14. The van der Waals surface area contributed by atoms with Gasteiger partial charge in [-0.3, -0.25) is 14.9 Å². The smallest absolute Gasteiger partial charge is 0.288 e. The third-order valence-electron chi connectivity index (χ3n) is 2.75. The standard InChI is InChI=1S/C15H10ClNO4/c16-13-7-4-11(9-14(13)17(20)21)15(19)8-3-10-1-5-12(18)6-2-10/h1-9,18H/b8-3+. The number of nitro benzene ring substituents is 1. The summed E-state index contributed by atoms with van der Waals surface area (Å²) in [7, 11) is 0. The zero-order valence-electron chi connectivity index (χ0n) is 10.7. The van der Waals surface area contributed by atoms with E-state index in [1.165, 1.54) is 30.3 Å². The van der Waals surface area contributed by atoms with E-state index >= 15 is 0 Å². The van der Waals surface area contributed by atoms with Gasteiger partial charge in [-0.1, -0.05) is 29.8 Å². The summed E-state index contributed by atoms with van der Waals surface area (Å²) in [5.41, 5.74) is 0.603. The molecule has 0 unspecified atom stereocenters. The Hall–Kier alpha value is -2.66. The fraction of sp³-hybridized carbons (Fsp3) is 0. The average Bonchev–Trinajstić information content (AvgIpc) is 2.46. The van der Waals surface area contributed by atoms with Crippen LogP contribution in [0.3, 0.4) is 0 Å². The van der Waals surface area contributed by atoms with Gasteiger partial charge in [0, 0.05) is 11.6 Å². The number of aromatic hydroxyl groups is 1. The monoisotopic (exact) mass is 303 g/mol. The van der Waals surface area contributed by atoms with E-state index in [1.807, 2.05) is 0 Å². The summed E-state index contributed by atoms with van der Waals surface area (Å²) in [6.45, 7) is 0. The van der Waals surface area contributed by atoms with Gasteiger partial charge < -0.3 is 5.11 Å². The highest BCUT2D eigenvalue weighted by molar-refractivity contribution is 6.32.